The van der Waals surface area contributed by atoms with Crippen molar-refractivity contribution in [1.29, 1.82) is 0 Å². The highest BCUT2D eigenvalue weighted by atomic mass is 33.1. The lowest BCUT2D eigenvalue weighted by Crippen LogP contribution is -2.14. The van der Waals surface area contributed by atoms with E-state index in [0.717, 1.165) is 5.56 Å². The molecule has 0 heterocycles. The maximum Gasteiger partial charge on any atom is 0.308 e. The minimum absolute atomic E-state index is 0. The first kappa shape index (κ1) is 49.6. The van der Waals surface area contributed by atoms with Crippen LogP contribution in [0.4, 0.5) is 0 Å². The van der Waals surface area contributed by atoms with Crippen LogP contribution in [0.15, 0.2) is 24.3 Å². The second-order valence-electron chi connectivity index (χ2n) is 5.97. The largest absolute Gasteiger partial charge is 0.669 e. The van der Waals surface area contributed by atoms with E-state index in [2.05, 4.69) is 70.0 Å². The number of carbonyl (C=O) groups is 3. The van der Waals surface area contributed by atoms with Gasteiger partial charge >= 0.3 is 11.9 Å². The third-order valence-corrected chi connectivity index (χ3v) is 6.00. The van der Waals surface area contributed by atoms with E-state index in [4.69, 9.17) is 10.8 Å². The van der Waals surface area contributed by atoms with E-state index in [-0.39, 0.29) is 43.9 Å². The zero-order chi connectivity index (χ0) is 29.4. The maximum atomic E-state index is 11.1. The van der Waals surface area contributed by atoms with Gasteiger partial charge in [-0.25, -0.2) is 0 Å². The lowest BCUT2D eigenvalue weighted by atomic mass is 10.0. The van der Waals surface area contributed by atoms with Crippen LogP contribution in [0.1, 0.15) is 60.5 Å². The quantitative estimate of drug-likeness (QED) is 0.0578. The van der Waals surface area contributed by atoms with Gasteiger partial charge in [-0.15, -0.1) is 46.6 Å². The van der Waals surface area contributed by atoms with Gasteiger partial charge in [0.1, 0.15) is 12.0 Å². The molecule has 0 aliphatic carbocycles. The van der Waals surface area contributed by atoms with Gasteiger partial charge in [0.15, 0.2) is 0 Å². The molecular formula is C24H48NO6S6-. The molecule has 2 atom stereocenters. The number of phenols is 1. The van der Waals surface area contributed by atoms with Crippen LogP contribution < -0.4 is 0 Å². The molecule has 0 bridgehead atoms. The number of nitrogens with one attached hydrogen (secondary N) is 1. The van der Waals surface area contributed by atoms with Crippen molar-refractivity contribution in [1.82, 2.24) is 0 Å². The fourth-order valence-corrected chi connectivity index (χ4v) is 3.21. The van der Waals surface area contributed by atoms with Crippen molar-refractivity contribution in [2.24, 2.45) is 5.92 Å². The highest BCUT2D eigenvalue weighted by Crippen LogP contribution is 2.18. The fraction of sp³-hybridized carbons (Fsp3) is 0.625. The molecule has 0 aliphatic heterocycles. The van der Waals surface area contributed by atoms with Gasteiger partial charge < -0.3 is 25.1 Å². The Morgan fingerprint density at radius 2 is 1.43 bits per heavy atom. The van der Waals surface area contributed by atoms with Gasteiger partial charge in [0.2, 0.25) is 0 Å². The normalized spacial score (nSPS) is 9.84. The Hall–Kier alpha value is -0.310. The molecule has 7 nitrogen and oxygen atoms in total. The van der Waals surface area contributed by atoms with Gasteiger partial charge in [0.25, 0.3) is 0 Å². The highest BCUT2D eigenvalue weighted by molar-refractivity contribution is 8.76. The third kappa shape index (κ3) is 40.3. The van der Waals surface area contributed by atoms with Crippen molar-refractivity contribution in [2.75, 3.05) is 25.7 Å². The number of benzene rings is 1. The summed E-state index contributed by atoms with van der Waals surface area (Å²) < 4.78 is 8.93. The second-order valence-corrected chi connectivity index (χ2v) is 9.01. The molecule has 1 aromatic rings. The minimum atomic E-state index is -0.793. The number of hydrogen-bond acceptors (Lipinski definition) is 12. The predicted molar refractivity (Wildman–Crippen MR) is 179 cm³/mol. The van der Waals surface area contributed by atoms with Crippen molar-refractivity contribution in [2.45, 2.75) is 67.3 Å². The van der Waals surface area contributed by atoms with Crippen molar-refractivity contribution < 1.29 is 29.0 Å². The van der Waals surface area contributed by atoms with E-state index >= 15 is 0 Å². The van der Waals surface area contributed by atoms with Crippen LogP contribution in [0.25, 0.3) is 5.73 Å². The van der Waals surface area contributed by atoms with E-state index < -0.39 is 6.04 Å². The number of aromatic hydroxyl groups is 1. The van der Waals surface area contributed by atoms with Crippen LogP contribution in [-0.2, 0) is 30.3 Å². The molecule has 0 amide bonds. The molecule has 13 heteroatoms. The molecular weight excluding hydrogens is 591 g/mol. The van der Waals surface area contributed by atoms with E-state index in [1.165, 1.54) is 25.7 Å². The molecule has 2 N–H and O–H groups in total. The fourth-order valence-electron chi connectivity index (χ4n) is 1.88. The van der Waals surface area contributed by atoms with Crippen LogP contribution in [0.5, 0.6) is 5.75 Å². The first-order valence-corrected chi connectivity index (χ1v) is 16.7. The number of carbonyl (C=O) groups excluding carboxylic acids is 3. The Balaban J connectivity index is -0.0000000922. The molecule has 0 radical (unpaired) electrons. The lowest BCUT2D eigenvalue weighted by Gasteiger charge is -2.09. The molecule has 0 saturated heterocycles. The zero-order valence-electron chi connectivity index (χ0n) is 22.2. The van der Waals surface area contributed by atoms with Crippen LogP contribution in [0.2, 0.25) is 0 Å². The minimum Gasteiger partial charge on any atom is -0.669 e. The average molecular weight is 639 g/mol. The zero-order valence-corrected chi connectivity index (χ0v) is 27.4. The maximum absolute atomic E-state index is 11.1. The molecule has 37 heavy (non-hydrogen) atoms. The van der Waals surface area contributed by atoms with Gasteiger partial charge in [-0.1, -0.05) is 88.2 Å². The monoisotopic (exact) mass is 638 g/mol. The Morgan fingerprint density at radius 1 is 1.00 bits per heavy atom. The molecule has 0 spiro atoms. The smallest absolute Gasteiger partial charge is 0.308 e. The number of phenolic OH excluding ortho intramolecular Hbond substituents is 1. The number of methoxy groups -OCH3 is 2. The summed E-state index contributed by atoms with van der Waals surface area (Å²) in [5.74, 6) is 1.97. The molecule has 0 aromatic heterocycles. The summed E-state index contributed by atoms with van der Waals surface area (Å²) in [5.41, 5.74) is 7.93. The predicted octanol–water partition coefficient (Wildman–Crippen LogP) is 7.90. The van der Waals surface area contributed by atoms with Crippen LogP contribution >= 0.6 is 68.2 Å². The van der Waals surface area contributed by atoms with E-state index in [1.54, 1.807) is 24.3 Å². The van der Waals surface area contributed by atoms with Crippen molar-refractivity contribution in [3.63, 3.8) is 0 Å². The summed E-state index contributed by atoms with van der Waals surface area (Å²) >= 11 is 12.9. The van der Waals surface area contributed by atoms with E-state index in [0.29, 0.717) is 12.7 Å². The average Bonchev–Trinajstić information content (AvgIpc) is 2.94. The summed E-state index contributed by atoms with van der Waals surface area (Å²) in [7, 11) is 6.51. The Labute approximate surface area is 254 Å². The molecule has 1 rings (SSSR count). The standard InChI is InChI=1S/C11H14O3.C6H10NO3.C4H10S2.C2H6.CH4.2H2S2/c1-8(11(13)14-2)7-9-3-5-10(12)6-4-9;1-10-6(9)3-2-5(7)4-8;1-3-5-6-4-2;1-2;;2*1-2/h3-6,8,12H,7H2,1-2H3;4-5,7H,2-3H2,1H3;3-4H2,1-2H3;1-2H3;1H4;2*1-2H/q;-1;;;;;. The number of ether oxygens (including phenoxy) is 2. The van der Waals surface area contributed by atoms with Gasteiger partial charge in [0, 0.05) is 17.9 Å². The third-order valence-electron chi connectivity index (χ3n) is 3.45. The second kappa shape index (κ2) is 42.8. The van der Waals surface area contributed by atoms with E-state index in [1.807, 2.05) is 42.4 Å². The van der Waals surface area contributed by atoms with Gasteiger partial charge in [-0.3, -0.25) is 9.59 Å². The molecule has 0 saturated carbocycles. The first-order valence-electron chi connectivity index (χ1n) is 11.0. The summed E-state index contributed by atoms with van der Waals surface area (Å²) in [6.45, 7) is 10.2. The topological polar surface area (TPSA) is 114 Å². The molecule has 0 fully saturated rings. The van der Waals surface area contributed by atoms with Crippen LogP contribution in [0.3, 0.4) is 0 Å². The summed E-state index contributed by atoms with van der Waals surface area (Å²) in [6, 6.07) is 6.03. The van der Waals surface area contributed by atoms with Crippen molar-refractivity contribution >= 4 is 86.5 Å². The van der Waals surface area contributed by atoms with E-state index in [9.17, 15) is 14.4 Å². The van der Waals surface area contributed by atoms with Crippen LogP contribution in [-0.4, -0.2) is 55.1 Å². The van der Waals surface area contributed by atoms with Gasteiger partial charge in [0.05, 0.1) is 20.1 Å². The van der Waals surface area contributed by atoms with Gasteiger partial charge in [-0.2, -0.15) is 0 Å². The summed E-state index contributed by atoms with van der Waals surface area (Å²) in [4.78, 5) is 31.4. The Bertz CT molecular complexity index is 594. The SMILES string of the molecule is C.CC.CCSSCC.COC(=O)C(C)Cc1ccc(O)cc1.COC(=O)CCC([NH-])C=O.SS.SS. The molecule has 0 aliphatic rings. The Morgan fingerprint density at radius 3 is 1.76 bits per heavy atom. The number of rotatable bonds is 10. The van der Waals surface area contributed by atoms with Gasteiger partial charge in [-0.05, 0) is 24.1 Å². The molecule has 1 aromatic carbocycles. The van der Waals surface area contributed by atoms with Crippen molar-refractivity contribution in [3.05, 3.63) is 35.6 Å². The lowest BCUT2D eigenvalue weighted by molar-refractivity contribution is -0.144. The first-order chi connectivity index (χ1) is 17.2. The molecule has 2 unspecified atom stereocenters. The number of esters is 2. The highest BCUT2D eigenvalue weighted by Gasteiger charge is 2.13. The Kier molecular flexibility index (Phi) is 57.4. The summed E-state index contributed by atoms with van der Waals surface area (Å²) in [6.07, 6.45) is 1.52. The number of hydrogen-bond donors (Lipinski definition) is 5. The van der Waals surface area contributed by atoms with Crippen LogP contribution in [0, 0.1) is 5.92 Å². The molecule has 222 valence electrons. The number of thiol groups is 4. The summed E-state index contributed by atoms with van der Waals surface area (Å²) in [5, 5.41) is 9.05. The number of aldehydes is 1. The van der Waals surface area contributed by atoms with Crippen molar-refractivity contribution in [3.8, 4) is 5.75 Å².